The van der Waals surface area contributed by atoms with Crippen LogP contribution < -0.4 is 20.1 Å². The number of hydrogen-bond donors (Lipinski definition) is 2. The van der Waals surface area contributed by atoms with Gasteiger partial charge in [-0.1, -0.05) is 0 Å². The van der Waals surface area contributed by atoms with Gasteiger partial charge < -0.3 is 24.8 Å². The van der Waals surface area contributed by atoms with Gasteiger partial charge in [-0.15, -0.1) is 0 Å². The molecule has 0 saturated carbocycles. The van der Waals surface area contributed by atoms with Crippen molar-refractivity contribution in [2.75, 3.05) is 20.8 Å². The normalized spacial score (nSPS) is 14.0. The summed E-state index contributed by atoms with van der Waals surface area (Å²) in [6.45, 7) is 2.27. The molecule has 2 rings (SSSR count). The molecular weight excluding hydrogens is 384 g/mol. The van der Waals surface area contributed by atoms with Crippen molar-refractivity contribution in [3.63, 3.8) is 0 Å². The van der Waals surface area contributed by atoms with Crippen molar-refractivity contribution in [3.8, 4) is 11.5 Å². The number of allylic oxidation sites excluding steroid dienone is 1. The number of benzene rings is 1. The Labute approximate surface area is 148 Å². The third-order valence-electron chi connectivity index (χ3n) is 3.29. The van der Waals surface area contributed by atoms with Crippen LogP contribution in [0.1, 0.15) is 12.5 Å². The quantitative estimate of drug-likeness (QED) is 0.580. The minimum atomic E-state index is -0.393. The number of rotatable bonds is 5. The molecule has 23 heavy (non-hydrogen) atoms. The summed E-state index contributed by atoms with van der Waals surface area (Å²) in [5.41, 5.74) is 2.01. The summed E-state index contributed by atoms with van der Waals surface area (Å²) in [7, 11) is 3.11. The third kappa shape index (κ3) is 4.14. The second-order valence-electron chi connectivity index (χ2n) is 4.80. The highest BCUT2D eigenvalue weighted by Gasteiger charge is 2.20. The SMILES string of the molecule is COc1cc(COC(=O)C2=C(C)NC(=S)NC2)cc(Br)c1OC. The molecule has 6 nitrogen and oxygen atoms in total. The molecule has 0 aromatic heterocycles. The van der Waals surface area contributed by atoms with Gasteiger partial charge in [-0.05, 0) is 52.8 Å². The molecule has 8 heteroatoms. The Bertz CT molecular complexity index is 676. The molecular formula is C15H17BrN2O4S. The summed E-state index contributed by atoms with van der Waals surface area (Å²) in [4.78, 5) is 12.2. The minimum absolute atomic E-state index is 0.124. The summed E-state index contributed by atoms with van der Waals surface area (Å²) in [5, 5.41) is 6.31. The van der Waals surface area contributed by atoms with E-state index in [0.29, 0.717) is 34.4 Å². The van der Waals surface area contributed by atoms with E-state index in [-0.39, 0.29) is 6.61 Å². The van der Waals surface area contributed by atoms with Crippen molar-refractivity contribution >= 4 is 39.2 Å². The van der Waals surface area contributed by atoms with Crippen LogP contribution in [0.4, 0.5) is 0 Å². The lowest BCUT2D eigenvalue weighted by molar-refractivity contribution is -0.140. The van der Waals surface area contributed by atoms with Gasteiger partial charge in [0.05, 0.1) is 30.8 Å². The van der Waals surface area contributed by atoms with Crippen LogP contribution in [0.25, 0.3) is 0 Å². The first-order valence-corrected chi connectivity index (χ1v) is 7.98. The molecule has 1 aromatic carbocycles. The maximum Gasteiger partial charge on any atom is 0.337 e. The second-order valence-corrected chi connectivity index (χ2v) is 6.06. The molecule has 0 unspecified atom stereocenters. The van der Waals surface area contributed by atoms with Crippen LogP contribution in [0.15, 0.2) is 27.9 Å². The van der Waals surface area contributed by atoms with E-state index < -0.39 is 5.97 Å². The Hall–Kier alpha value is -1.80. The summed E-state index contributed by atoms with van der Waals surface area (Å²) in [6.07, 6.45) is 0. The smallest absolute Gasteiger partial charge is 0.337 e. The van der Waals surface area contributed by atoms with E-state index in [2.05, 4.69) is 26.6 Å². The number of halogens is 1. The van der Waals surface area contributed by atoms with Crippen molar-refractivity contribution in [3.05, 3.63) is 33.4 Å². The molecule has 1 aliphatic rings. The number of nitrogens with one attached hydrogen (secondary N) is 2. The Morgan fingerprint density at radius 1 is 1.35 bits per heavy atom. The number of carbonyl (C=O) groups is 1. The van der Waals surface area contributed by atoms with Crippen LogP contribution in [0.5, 0.6) is 11.5 Å². The fraction of sp³-hybridized carbons (Fsp3) is 0.333. The highest BCUT2D eigenvalue weighted by Crippen LogP contribution is 2.36. The van der Waals surface area contributed by atoms with E-state index in [1.807, 2.05) is 6.07 Å². The first-order valence-electron chi connectivity index (χ1n) is 6.78. The van der Waals surface area contributed by atoms with Gasteiger partial charge in [-0.2, -0.15) is 0 Å². The monoisotopic (exact) mass is 400 g/mol. The largest absolute Gasteiger partial charge is 0.493 e. The highest BCUT2D eigenvalue weighted by atomic mass is 79.9. The van der Waals surface area contributed by atoms with Crippen LogP contribution >= 0.6 is 28.1 Å². The van der Waals surface area contributed by atoms with Gasteiger partial charge in [0.25, 0.3) is 0 Å². The molecule has 0 amide bonds. The summed E-state index contributed by atoms with van der Waals surface area (Å²) < 4.78 is 16.6. The van der Waals surface area contributed by atoms with Gasteiger partial charge >= 0.3 is 5.97 Å². The lowest BCUT2D eigenvalue weighted by Crippen LogP contribution is -2.42. The average molecular weight is 401 g/mol. The zero-order valence-electron chi connectivity index (χ0n) is 13.0. The first-order chi connectivity index (χ1) is 11.0. The topological polar surface area (TPSA) is 68.8 Å². The number of hydrogen-bond acceptors (Lipinski definition) is 5. The zero-order valence-corrected chi connectivity index (χ0v) is 15.4. The van der Waals surface area contributed by atoms with E-state index in [1.165, 1.54) is 0 Å². The first kappa shape index (κ1) is 17.6. The summed E-state index contributed by atoms with van der Waals surface area (Å²) >= 11 is 8.40. The lowest BCUT2D eigenvalue weighted by atomic mass is 10.2. The van der Waals surface area contributed by atoms with Gasteiger partial charge in [-0.3, -0.25) is 0 Å². The van der Waals surface area contributed by atoms with Gasteiger partial charge in [0.1, 0.15) is 6.61 Å². The molecule has 0 aliphatic carbocycles. The standard InChI is InChI=1S/C15H17BrN2O4S/c1-8-10(6-17-15(23)18-8)14(19)22-7-9-4-11(16)13(21-3)12(5-9)20-2/h4-5H,6-7H2,1-3H3,(H2,17,18,23). The van der Waals surface area contributed by atoms with Crippen molar-refractivity contribution in [1.29, 1.82) is 0 Å². The Morgan fingerprint density at radius 3 is 2.70 bits per heavy atom. The Morgan fingerprint density at radius 2 is 2.09 bits per heavy atom. The fourth-order valence-corrected chi connectivity index (χ4v) is 2.98. The predicted octanol–water partition coefficient (Wildman–Crippen LogP) is 2.26. The van der Waals surface area contributed by atoms with Crippen molar-refractivity contribution < 1.29 is 19.0 Å². The molecule has 124 valence electrons. The maximum atomic E-state index is 12.2. The van der Waals surface area contributed by atoms with Crippen molar-refractivity contribution in [2.45, 2.75) is 13.5 Å². The zero-order chi connectivity index (χ0) is 17.0. The number of esters is 1. The van der Waals surface area contributed by atoms with Crippen LogP contribution in [-0.4, -0.2) is 31.8 Å². The number of methoxy groups -OCH3 is 2. The lowest BCUT2D eigenvalue weighted by Gasteiger charge is -2.21. The summed E-state index contributed by atoms with van der Waals surface area (Å²) in [6, 6.07) is 3.59. The number of thiocarbonyl (C=S) groups is 1. The molecule has 1 aromatic rings. The van der Waals surface area contributed by atoms with Gasteiger partial charge in [0.15, 0.2) is 16.6 Å². The number of ether oxygens (including phenoxy) is 3. The molecule has 0 radical (unpaired) electrons. The van der Waals surface area contributed by atoms with Gasteiger partial charge in [0.2, 0.25) is 0 Å². The van der Waals surface area contributed by atoms with Crippen LogP contribution in [0.3, 0.4) is 0 Å². The molecule has 0 spiro atoms. The summed E-state index contributed by atoms with van der Waals surface area (Å²) in [5.74, 6) is 0.765. The van der Waals surface area contributed by atoms with Gasteiger partial charge in [-0.25, -0.2) is 4.79 Å². The molecule has 1 aliphatic heterocycles. The average Bonchev–Trinajstić information content (AvgIpc) is 2.51. The minimum Gasteiger partial charge on any atom is -0.493 e. The maximum absolute atomic E-state index is 12.2. The predicted molar refractivity (Wildman–Crippen MR) is 93.5 cm³/mol. The molecule has 1 heterocycles. The molecule has 0 bridgehead atoms. The second kappa shape index (κ2) is 7.65. The molecule has 0 fully saturated rings. The van der Waals surface area contributed by atoms with E-state index in [0.717, 1.165) is 10.0 Å². The Kier molecular flexibility index (Phi) is 5.84. The molecule has 2 N–H and O–H groups in total. The third-order valence-corrected chi connectivity index (χ3v) is 4.12. The van der Waals surface area contributed by atoms with E-state index in [1.54, 1.807) is 27.2 Å². The van der Waals surface area contributed by atoms with E-state index >= 15 is 0 Å². The fourth-order valence-electron chi connectivity index (χ4n) is 2.11. The Balaban J connectivity index is 2.09. The van der Waals surface area contributed by atoms with E-state index in [9.17, 15) is 4.79 Å². The van der Waals surface area contributed by atoms with Crippen molar-refractivity contribution in [1.82, 2.24) is 10.6 Å². The van der Waals surface area contributed by atoms with Crippen LogP contribution in [0.2, 0.25) is 0 Å². The molecule has 0 atom stereocenters. The van der Waals surface area contributed by atoms with Crippen molar-refractivity contribution in [2.24, 2.45) is 0 Å². The highest BCUT2D eigenvalue weighted by molar-refractivity contribution is 9.10. The number of carbonyl (C=O) groups excluding carboxylic acids is 1. The van der Waals surface area contributed by atoms with Gasteiger partial charge in [0, 0.05) is 5.70 Å². The van der Waals surface area contributed by atoms with Crippen LogP contribution in [-0.2, 0) is 16.1 Å². The van der Waals surface area contributed by atoms with E-state index in [4.69, 9.17) is 26.4 Å². The van der Waals surface area contributed by atoms with Crippen LogP contribution in [0, 0.1) is 0 Å². The molecule has 0 saturated heterocycles.